The standard InChI is InChI=1S/C13H15N3O2S/c1-7-8-10(16-13(2)4-3-5-13)14-6-15-11(8)19-9(7)12(17)18/h6H,3-5H2,1-2H3,(H,17,18)(H,14,15,16). The molecule has 0 bridgehead atoms. The molecule has 1 saturated carbocycles. The minimum absolute atomic E-state index is 0.0824. The topological polar surface area (TPSA) is 75.1 Å². The Hall–Kier alpha value is -1.69. The van der Waals surface area contributed by atoms with Crippen LogP contribution in [0.3, 0.4) is 0 Å². The second kappa shape index (κ2) is 4.16. The summed E-state index contributed by atoms with van der Waals surface area (Å²) in [6, 6.07) is 0. The molecule has 0 aromatic carbocycles. The Morgan fingerprint density at radius 2 is 2.21 bits per heavy atom. The van der Waals surface area contributed by atoms with Crippen molar-refractivity contribution in [3.63, 3.8) is 0 Å². The fourth-order valence-corrected chi connectivity index (χ4v) is 3.48. The average Bonchev–Trinajstić information content (AvgIpc) is 2.66. The molecule has 100 valence electrons. The van der Waals surface area contributed by atoms with E-state index in [-0.39, 0.29) is 5.54 Å². The van der Waals surface area contributed by atoms with E-state index in [1.807, 2.05) is 6.92 Å². The molecule has 2 aromatic rings. The van der Waals surface area contributed by atoms with Crippen molar-refractivity contribution in [1.29, 1.82) is 0 Å². The van der Waals surface area contributed by atoms with Crippen molar-refractivity contribution < 1.29 is 9.90 Å². The van der Waals surface area contributed by atoms with Gasteiger partial charge in [-0.1, -0.05) is 0 Å². The highest BCUT2D eigenvalue weighted by Gasteiger charge is 2.33. The molecule has 0 radical (unpaired) electrons. The van der Waals surface area contributed by atoms with Gasteiger partial charge in [-0.15, -0.1) is 11.3 Å². The van der Waals surface area contributed by atoms with E-state index in [4.69, 9.17) is 0 Å². The van der Waals surface area contributed by atoms with Gasteiger partial charge in [0, 0.05) is 5.54 Å². The van der Waals surface area contributed by atoms with Gasteiger partial charge in [-0.05, 0) is 38.7 Å². The van der Waals surface area contributed by atoms with Crippen LogP contribution in [0.2, 0.25) is 0 Å². The zero-order valence-corrected chi connectivity index (χ0v) is 11.7. The highest BCUT2D eigenvalue weighted by molar-refractivity contribution is 7.20. The predicted octanol–water partition coefficient (Wildman–Crippen LogP) is 3.05. The molecule has 1 fully saturated rings. The van der Waals surface area contributed by atoms with Crippen molar-refractivity contribution in [3.05, 3.63) is 16.8 Å². The Morgan fingerprint density at radius 3 is 2.79 bits per heavy atom. The van der Waals surface area contributed by atoms with Gasteiger partial charge in [0.05, 0.1) is 5.39 Å². The van der Waals surface area contributed by atoms with Crippen molar-refractivity contribution in [2.24, 2.45) is 0 Å². The summed E-state index contributed by atoms with van der Waals surface area (Å²) in [5.74, 6) is -0.144. The largest absolute Gasteiger partial charge is 0.477 e. The predicted molar refractivity (Wildman–Crippen MR) is 75.0 cm³/mol. The first kappa shape index (κ1) is 12.3. The fraction of sp³-hybridized carbons (Fsp3) is 0.462. The number of anilines is 1. The van der Waals surface area contributed by atoms with Crippen LogP contribution in [0.5, 0.6) is 0 Å². The molecule has 1 aliphatic carbocycles. The normalized spacial score (nSPS) is 17.2. The summed E-state index contributed by atoms with van der Waals surface area (Å²) in [4.78, 5) is 20.8. The monoisotopic (exact) mass is 277 g/mol. The lowest BCUT2D eigenvalue weighted by Gasteiger charge is -2.39. The average molecular weight is 277 g/mol. The maximum Gasteiger partial charge on any atom is 0.346 e. The third kappa shape index (κ3) is 1.96. The fourth-order valence-electron chi connectivity index (χ4n) is 2.49. The van der Waals surface area contributed by atoms with E-state index in [1.54, 1.807) is 0 Å². The second-order valence-corrected chi connectivity index (χ2v) is 6.30. The number of rotatable bonds is 3. The van der Waals surface area contributed by atoms with Crippen LogP contribution >= 0.6 is 11.3 Å². The van der Waals surface area contributed by atoms with Crippen LogP contribution in [-0.4, -0.2) is 26.6 Å². The number of thiophene rings is 1. The van der Waals surface area contributed by atoms with Gasteiger partial charge in [-0.25, -0.2) is 14.8 Å². The lowest BCUT2D eigenvalue weighted by atomic mass is 9.78. The third-order valence-corrected chi connectivity index (χ3v) is 4.99. The van der Waals surface area contributed by atoms with Crippen LogP contribution in [0, 0.1) is 6.92 Å². The number of aryl methyl sites for hydroxylation is 1. The van der Waals surface area contributed by atoms with Crippen LogP contribution in [0.1, 0.15) is 41.4 Å². The maximum atomic E-state index is 11.2. The summed E-state index contributed by atoms with van der Waals surface area (Å²) >= 11 is 1.21. The van der Waals surface area contributed by atoms with E-state index in [2.05, 4.69) is 22.2 Å². The molecule has 2 heterocycles. The summed E-state index contributed by atoms with van der Waals surface area (Å²) in [6.45, 7) is 3.99. The van der Waals surface area contributed by atoms with Gasteiger partial charge in [0.15, 0.2) is 0 Å². The molecule has 0 aliphatic heterocycles. The molecule has 0 amide bonds. The smallest absolute Gasteiger partial charge is 0.346 e. The summed E-state index contributed by atoms with van der Waals surface area (Å²) in [6.07, 6.45) is 4.95. The lowest BCUT2D eigenvalue weighted by Crippen LogP contribution is -2.41. The van der Waals surface area contributed by atoms with Crippen molar-refractivity contribution in [1.82, 2.24) is 9.97 Å². The summed E-state index contributed by atoms with van der Waals surface area (Å²) < 4.78 is 0. The Kier molecular flexibility index (Phi) is 2.70. The van der Waals surface area contributed by atoms with Crippen molar-refractivity contribution in [2.45, 2.75) is 38.6 Å². The molecule has 0 spiro atoms. The number of hydrogen-bond acceptors (Lipinski definition) is 5. The Balaban J connectivity index is 2.11. The quantitative estimate of drug-likeness (QED) is 0.901. The molecule has 0 atom stereocenters. The first-order chi connectivity index (χ1) is 9.00. The van der Waals surface area contributed by atoms with Crippen LogP contribution in [0.25, 0.3) is 10.2 Å². The first-order valence-electron chi connectivity index (χ1n) is 6.26. The minimum atomic E-state index is -0.902. The summed E-state index contributed by atoms with van der Waals surface area (Å²) in [5, 5.41) is 13.5. The van der Waals surface area contributed by atoms with Gasteiger partial charge in [0.2, 0.25) is 0 Å². The van der Waals surface area contributed by atoms with E-state index in [1.165, 1.54) is 24.1 Å². The molecule has 3 rings (SSSR count). The Bertz CT molecular complexity index is 661. The molecule has 19 heavy (non-hydrogen) atoms. The summed E-state index contributed by atoms with van der Waals surface area (Å²) in [7, 11) is 0. The van der Waals surface area contributed by atoms with Crippen LogP contribution in [-0.2, 0) is 0 Å². The number of nitrogens with one attached hydrogen (secondary N) is 1. The highest BCUT2D eigenvalue weighted by atomic mass is 32.1. The number of hydrogen-bond donors (Lipinski definition) is 2. The van der Waals surface area contributed by atoms with Gasteiger partial charge >= 0.3 is 5.97 Å². The number of carboxylic acid groups (broad SMARTS) is 1. The van der Waals surface area contributed by atoms with Gasteiger partial charge in [-0.2, -0.15) is 0 Å². The Labute approximate surface area is 114 Å². The zero-order chi connectivity index (χ0) is 13.6. The van der Waals surface area contributed by atoms with E-state index in [0.717, 1.165) is 34.4 Å². The van der Waals surface area contributed by atoms with Gasteiger partial charge in [-0.3, -0.25) is 0 Å². The summed E-state index contributed by atoms with van der Waals surface area (Å²) in [5.41, 5.74) is 0.831. The highest BCUT2D eigenvalue weighted by Crippen LogP contribution is 2.38. The number of aromatic nitrogens is 2. The SMILES string of the molecule is Cc1c(C(=O)O)sc2ncnc(NC3(C)CCC3)c12. The van der Waals surface area contributed by atoms with Crippen molar-refractivity contribution in [2.75, 3.05) is 5.32 Å². The van der Waals surface area contributed by atoms with Crippen molar-refractivity contribution >= 4 is 33.3 Å². The van der Waals surface area contributed by atoms with E-state index in [0.29, 0.717) is 4.88 Å². The minimum Gasteiger partial charge on any atom is -0.477 e. The van der Waals surface area contributed by atoms with Crippen LogP contribution in [0.15, 0.2) is 6.33 Å². The molecule has 2 N–H and O–H groups in total. The van der Waals surface area contributed by atoms with E-state index >= 15 is 0 Å². The number of carboxylic acids is 1. The Morgan fingerprint density at radius 1 is 1.47 bits per heavy atom. The molecule has 5 nitrogen and oxygen atoms in total. The van der Waals surface area contributed by atoms with Gasteiger partial charge in [0.1, 0.15) is 21.9 Å². The van der Waals surface area contributed by atoms with Crippen LogP contribution in [0.4, 0.5) is 5.82 Å². The van der Waals surface area contributed by atoms with Crippen LogP contribution < -0.4 is 5.32 Å². The zero-order valence-electron chi connectivity index (χ0n) is 10.9. The lowest BCUT2D eigenvalue weighted by molar-refractivity contribution is 0.0701. The first-order valence-corrected chi connectivity index (χ1v) is 7.07. The number of aromatic carboxylic acids is 1. The third-order valence-electron chi connectivity index (χ3n) is 3.80. The molecular weight excluding hydrogens is 262 g/mol. The van der Waals surface area contributed by atoms with Gasteiger partial charge in [0.25, 0.3) is 0 Å². The number of fused-ring (bicyclic) bond motifs is 1. The maximum absolute atomic E-state index is 11.2. The molecule has 1 aliphatic rings. The van der Waals surface area contributed by atoms with E-state index < -0.39 is 5.97 Å². The molecule has 6 heteroatoms. The second-order valence-electron chi connectivity index (χ2n) is 5.30. The van der Waals surface area contributed by atoms with E-state index in [9.17, 15) is 9.90 Å². The number of carbonyl (C=O) groups is 1. The molecule has 2 aromatic heterocycles. The molecule has 0 unspecified atom stereocenters. The molecular formula is C13H15N3O2S. The van der Waals surface area contributed by atoms with Crippen molar-refractivity contribution in [3.8, 4) is 0 Å². The number of nitrogens with zero attached hydrogens (tertiary/aromatic N) is 2. The van der Waals surface area contributed by atoms with Gasteiger partial charge < -0.3 is 10.4 Å². The molecule has 0 saturated heterocycles.